The highest BCUT2D eigenvalue weighted by atomic mass is 32.2. The highest BCUT2D eigenvalue weighted by molar-refractivity contribution is 8.45. The zero-order chi connectivity index (χ0) is 15.9. The minimum Gasteiger partial charge on any atom is -0.481 e. The normalized spacial score (nSPS) is 15.8. The molecule has 0 fully saturated rings. The fraction of sp³-hybridized carbons (Fsp3) is 0.267. The van der Waals surface area contributed by atoms with Gasteiger partial charge in [-0.25, -0.2) is 9.79 Å². The number of benzene rings is 1. The number of esters is 1. The van der Waals surface area contributed by atoms with Crippen LogP contribution in [0, 0.1) is 0 Å². The second-order valence-corrected chi connectivity index (χ2v) is 6.15. The average molecular weight is 337 g/mol. The lowest BCUT2D eigenvalue weighted by atomic mass is 10.1. The van der Waals surface area contributed by atoms with E-state index in [1.807, 2.05) is 12.3 Å². The van der Waals surface area contributed by atoms with Gasteiger partial charge in [0.15, 0.2) is 6.61 Å². The Balaban J connectivity index is 2.17. The van der Waals surface area contributed by atoms with Gasteiger partial charge in [-0.05, 0) is 37.1 Å². The number of para-hydroxylation sites is 1. The largest absolute Gasteiger partial charge is 0.481 e. The molecule has 0 saturated heterocycles. The average Bonchev–Trinajstić information content (AvgIpc) is 2.87. The molecule has 5 nitrogen and oxygen atoms in total. The standard InChI is InChI=1S/C15H15NO4S2/c1-3-19-13(17)9-20-12-7-5-4-6-10(12)8-11-14(18)22-15(16-11)21-2/h4-8H,3,9H2,1-2H3. The third-order valence-electron chi connectivity index (χ3n) is 2.64. The maximum absolute atomic E-state index is 11.9. The van der Waals surface area contributed by atoms with Crippen LogP contribution in [0.5, 0.6) is 5.75 Å². The Morgan fingerprint density at radius 3 is 2.86 bits per heavy atom. The van der Waals surface area contributed by atoms with Crippen LogP contribution in [0.2, 0.25) is 0 Å². The van der Waals surface area contributed by atoms with Gasteiger partial charge in [-0.1, -0.05) is 18.2 Å². The summed E-state index contributed by atoms with van der Waals surface area (Å²) >= 11 is 2.55. The lowest BCUT2D eigenvalue weighted by molar-refractivity contribution is -0.145. The van der Waals surface area contributed by atoms with Crippen LogP contribution in [0.15, 0.2) is 35.0 Å². The van der Waals surface area contributed by atoms with E-state index >= 15 is 0 Å². The second kappa shape index (κ2) is 8.05. The van der Waals surface area contributed by atoms with E-state index in [1.54, 1.807) is 31.2 Å². The zero-order valence-corrected chi connectivity index (χ0v) is 13.8. The van der Waals surface area contributed by atoms with Gasteiger partial charge in [0.2, 0.25) is 5.12 Å². The third-order valence-corrected chi connectivity index (χ3v) is 4.49. The van der Waals surface area contributed by atoms with Crippen LogP contribution in [0.4, 0.5) is 0 Å². The molecular weight excluding hydrogens is 322 g/mol. The molecule has 0 saturated carbocycles. The van der Waals surface area contributed by atoms with Gasteiger partial charge >= 0.3 is 5.97 Å². The summed E-state index contributed by atoms with van der Waals surface area (Å²) in [6.45, 7) is 1.88. The molecule has 1 aliphatic rings. The van der Waals surface area contributed by atoms with Crippen molar-refractivity contribution < 1.29 is 19.1 Å². The zero-order valence-electron chi connectivity index (χ0n) is 12.2. The molecule has 22 heavy (non-hydrogen) atoms. The van der Waals surface area contributed by atoms with E-state index in [9.17, 15) is 9.59 Å². The number of aliphatic imine (C=N–C) groups is 1. The highest BCUT2D eigenvalue weighted by Gasteiger charge is 2.21. The Morgan fingerprint density at radius 1 is 1.41 bits per heavy atom. The third kappa shape index (κ3) is 4.38. The lowest BCUT2D eigenvalue weighted by Gasteiger charge is -2.08. The molecule has 0 N–H and O–H groups in total. The molecule has 1 aromatic rings. The molecular formula is C15H15NO4S2. The number of nitrogens with zero attached hydrogens (tertiary/aromatic N) is 1. The molecule has 0 radical (unpaired) electrons. The fourth-order valence-corrected chi connectivity index (χ4v) is 2.96. The van der Waals surface area contributed by atoms with Gasteiger partial charge in [0.25, 0.3) is 0 Å². The van der Waals surface area contributed by atoms with Crippen molar-refractivity contribution in [1.29, 1.82) is 0 Å². The summed E-state index contributed by atoms with van der Waals surface area (Å²) in [4.78, 5) is 27.5. The predicted octanol–water partition coefficient (Wildman–Crippen LogP) is 2.96. The van der Waals surface area contributed by atoms with Crippen LogP contribution in [-0.2, 0) is 14.3 Å². The van der Waals surface area contributed by atoms with E-state index in [1.165, 1.54) is 11.8 Å². The molecule has 116 valence electrons. The molecule has 0 bridgehead atoms. The van der Waals surface area contributed by atoms with Crippen molar-refractivity contribution in [3.63, 3.8) is 0 Å². The highest BCUT2D eigenvalue weighted by Crippen LogP contribution is 2.31. The summed E-state index contributed by atoms with van der Waals surface area (Å²) in [7, 11) is 0. The van der Waals surface area contributed by atoms with Gasteiger partial charge < -0.3 is 9.47 Å². The van der Waals surface area contributed by atoms with Crippen LogP contribution >= 0.6 is 23.5 Å². The van der Waals surface area contributed by atoms with E-state index in [-0.39, 0.29) is 11.7 Å². The van der Waals surface area contributed by atoms with Gasteiger partial charge in [-0.2, -0.15) is 0 Å². The van der Waals surface area contributed by atoms with Crippen LogP contribution in [0.3, 0.4) is 0 Å². The van der Waals surface area contributed by atoms with Crippen molar-refractivity contribution in [3.8, 4) is 5.75 Å². The SMILES string of the molecule is CCOC(=O)COc1ccccc1C=C1N=C(SC)SC1=O. The summed E-state index contributed by atoms with van der Waals surface area (Å²) < 4.78 is 11.0. The van der Waals surface area contributed by atoms with E-state index in [0.29, 0.717) is 23.6 Å². The summed E-state index contributed by atoms with van der Waals surface area (Å²) in [5, 5.41) is -0.0930. The van der Waals surface area contributed by atoms with Gasteiger partial charge in [0.05, 0.1) is 6.61 Å². The van der Waals surface area contributed by atoms with E-state index in [2.05, 4.69) is 4.99 Å². The minimum absolute atomic E-state index is 0.0930. The van der Waals surface area contributed by atoms with Gasteiger partial charge in [-0.15, -0.1) is 11.8 Å². The molecule has 0 atom stereocenters. The quantitative estimate of drug-likeness (QED) is 0.608. The van der Waals surface area contributed by atoms with Crippen LogP contribution < -0.4 is 4.74 Å². The summed E-state index contributed by atoms with van der Waals surface area (Å²) in [6, 6.07) is 7.16. The summed E-state index contributed by atoms with van der Waals surface area (Å²) in [6.07, 6.45) is 3.54. The Labute approximate surface area is 137 Å². The van der Waals surface area contributed by atoms with Crippen molar-refractivity contribution in [1.82, 2.24) is 0 Å². The second-order valence-electron chi connectivity index (χ2n) is 4.13. The number of hydrogen-bond donors (Lipinski definition) is 0. The number of hydrogen-bond acceptors (Lipinski definition) is 7. The molecule has 7 heteroatoms. The van der Waals surface area contributed by atoms with Gasteiger partial charge in [0, 0.05) is 5.56 Å². The van der Waals surface area contributed by atoms with Crippen LogP contribution in [-0.4, -0.2) is 34.9 Å². The molecule has 0 unspecified atom stereocenters. The first kappa shape index (κ1) is 16.6. The first-order chi connectivity index (χ1) is 10.6. The lowest BCUT2D eigenvalue weighted by Crippen LogP contribution is -2.14. The molecule has 1 heterocycles. The molecule has 2 rings (SSSR count). The number of carbonyl (C=O) groups is 2. The van der Waals surface area contributed by atoms with Crippen molar-refractivity contribution in [3.05, 3.63) is 35.5 Å². The van der Waals surface area contributed by atoms with Gasteiger partial charge in [-0.3, -0.25) is 4.79 Å². The number of carbonyl (C=O) groups excluding carboxylic acids is 2. The van der Waals surface area contributed by atoms with E-state index in [0.717, 1.165) is 16.1 Å². The van der Waals surface area contributed by atoms with Crippen LogP contribution in [0.25, 0.3) is 6.08 Å². The molecule has 0 aromatic heterocycles. The number of ether oxygens (including phenoxy) is 2. The Morgan fingerprint density at radius 2 is 2.18 bits per heavy atom. The molecule has 1 aromatic carbocycles. The van der Waals surface area contributed by atoms with E-state index in [4.69, 9.17) is 9.47 Å². The van der Waals surface area contributed by atoms with Crippen molar-refractivity contribution in [2.75, 3.05) is 19.5 Å². The number of thioether (sulfide) groups is 2. The van der Waals surface area contributed by atoms with E-state index < -0.39 is 5.97 Å². The number of rotatable bonds is 5. The van der Waals surface area contributed by atoms with Gasteiger partial charge in [0.1, 0.15) is 15.8 Å². The predicted molar refractivity (Wildman–Crippen MR) is 90.1 cm³/mol. The summed E-state index contributed by atoms with van der Waals surface area (Å²) in [5.41, 5.74) is 1.07. The van der Waals surface area contributed by atoms with Crippen LogP contribution in [0.1, 0.15) is 12.5 Å². The maximum atomic E-state index is 11.9. The Hall–Kier alpha value is -1.73. The fourth-order valence-electron chi connectivity index (χ4n) is 1.69. The molecule has 1 aliphatic heterocycles. The molecule has 0 amide bonds. The topological polar surface area (TPSA) is 65.0 Å². The minimum atomic E-state index is -0.430. The summed E-state index contributed by atoms with van der Waals surface area (Å²) in [5.74, 6) is 0.0776. The smallest absolute Gasteiger partial charge is 0.344 e. The van der Waals surface area contributed by atoms with Crippen molar-refractivity contribution in [2.24, 2.45) is 4.99 Å². The Kier molecular flexibility index (Phi) is 6.09. The molecule has 0 spiro atoms. The first-order valence-corrected chi connectivity index (χ1v) is 8.62. The Bertz CT molecular complexity index is 640. The molecule has 0 aliphatic carbocycles. The first-order valence-electron chi connectivity index (χ1n) is 6.58. The van der Waals surface area contributed by atoms with Crippen molar-refractivity contribution in [2.45, 2.75) is 6.92 Å². The maximum Gasteiger partial charge on any atom is 0.344 e. The van der Waals surface area contributed by atoms with Crippen molar-refractivity contribution >= 4 is 45.1 Å². The monoisotopic (exact) mass is 337 g/mol.